The maximum absolute atomic E-state index is 10.8. The summed E-state index contributed by atoms with van der Waals surface area (Å²) in [5, 5.41) is 4.34. The lowest BCUT2D eigenvalue weighted by atomic mass is 10.2. The smallest absolute Gasteiger partial charge is 0.170 e. The highest BCUT2D eigenvalue weighted by molar-refractivity contribution is 9.10. The first-order valence-corrected chi connectivity index (χ1v) is 6.39. The Morgan fingerprint density at radius 3 is 2.76 bits per heavy atom. The van der Waals surface area contributed by atoms with E-state index < -0.39 is 0 Å². The maximum atomic E-state index is 10.8. The predicted octanol–water partition coefficient (Wildman–Crippen LogP) is 3.32. The highest BCUT2D eigenvalue weighted by atomic mass is 79.9. The Morgan fingerprint density at radius 1 is 1.35 bits per heavy atom. The van der Waals surface area contributed by atoms with E-state index in [0.717, 1.165) is 22.1 Å². The first-order chi connectivity index (χ1) is 8.29. The zero-order chi connectivity index (χ0) is 11.8. The summed E-state index contributed by atoms with van der Waals surface area (Å²) in [4.78, 5) is 10.8. The van der Waals surface area contributed by atoms with Crippen molar-refractivity contribution in [2.45, 2.75) is 18.8 Å². The van der Waals surface area contributed by atoms with Crippen LogP contribution in [0, 0.1) is 0 Å². The van der Waals surface area contributed by atoms with E-state index in [4.69, 9.17) is 0 Å². The molecule has 0 radical (unpaired) electrons. The SMILES string of the molecule is O=Cc1cc(C2CC2)n(-c2ccccc2Br)n1. The largest absolute Gasteiger partial charge is 0.296 e. The zero-order valence-corrected chi connectivity index (χ0v) is 10.7. The van der Waals surface area contributed by atoms with Crippen LogP contribution in [0.3, 0.4) is 0 Å². The normalized spacial score (nSPS) is 14.9. The highest BCUT2D eigenvalue weighted by Gasteiger charge is 2.28. The van der Waals surface area contributed by atoms with Crippen molar-refractivity contribution in [2.24, 2.45) is 0 Å². The van der Waals surface area contributed by atoms with Crippen LogP contribution in [0.25, 0.3) is 5.69 Å². The van der Waals surface area contributed by atoms with Gasteiger partial charge in [0.15, 0.2) is 6.29 Å². The van der Waals surface area contributed by atoms with Crippen molar-refractivity contribution in [1.82, 2.24) is 9.78 Å². The molecule has 0 unspecified atom stereocenters. The molecule has 0 bridgehead atoms. The molecule has 1 aliphatic carbocycles. The van der Waals surface area contributed by atoms with Gasteiger partial charge in [-0.1, -0.05) is 12.1 Å². The minimum absolute atomic E-state index is 0.502. The lowest BCUT2D eigenvalue weighted by molar-refractivity contribution is 0.111. The van der Waals surface area contributed by atoms with Gasteiger partial charge in [0.1, 0.15) is 5.69 Å². The van der Waals surface area contributed by atoms with Crippen molar-refractivity contribution >= 4 is 22.2 Å². The number of aromatic nitrogens is 2. The first kappa shape index (κ1) is 10.7. The van der Waals surface area contributed by atoms with Crippen LogP contribution in [0.1, 0.15) is 34.9 Å². The molecule has 0 amide bonds. The molecule has 1 aromatic carbocycles. The standard InChI is InChI=1S/C13H11BrN2O/c14-11-3-1-2-4-12(11)16-13(9-5-6-9)7-10(8-17)15-16/h1-4,7-9H,5-6H2. The Morgan fingerprint density at radius 2 is 2.12 bits per heavy atom. The van der Waals surface area contributed by atoms with Crippen LogP contribution in [0.5, 0.6) is 0 Å². The fourth-order valence-corrected chi connectivity index (χ4v) is 2.41. The maximum Gasteiger partial charge on any atom is 0.170 e. The van der Waals surface area contributed by atoms with Crippen molar-refractivity contribution in [1.29, 1.82) is 0 Å². The van der Waals surface area contributed by atoms with Gasteiger partial charge in [-0.3, -0.25) is 4.79 Å². The van der Waals surface area contributed by atoms with Crippen LogP contribution >= 0.6 is 15.9 Å². The monoisotopic (exact) mass is 290 g/mol. The summed E-state index contributed by atoms with van der Waals surface area (Å²) in [6, 6.07) is 9.81. The number of hydrogen-bond donors (Lipinski definition) is 0. The molecular weight excluding hydrogens is 280 g/mol. The van der Waals surface area contributed by atoms with Gasteiger partial charge in [0.05, 0.1) is 5.69 Å². The van der Waals surface area contributed by atoms with Crippen LogP contribution in [-0.2, 0) is 0 Å². The highest BCUT2D eigenvalue weighted by Crippen LogP contribution is 2.41. The Kier molecular flexibility index (Phi) is 2.59. The molecule has 0 saturated heterocycles. The second-order valence-electron chi connectivity index (χ2n) is 4.25. The van der Waals surface area contributed by atoms with Crippen molar-refractivity contribution in [3.63, 3.8) is 0 Å². The summed E-state index contributed by atoms with van der Waals surface area (Å²) >= 11 is 3.52. The Hall–Kier alpha value is -1.42. The van der Waals surface area contributed by atoms with Crippen molar-refractivity contribution in [2.75, 3.05) is 0 Å². The molecule has 4 heteroatoms. The molecule has 1 saturated carbocycles. The topological polar surface area (TPSA) is 34.9 Å². The van der Waals surface area contributed by atoms with E-state index in [1.165, 1.54) is 12.8 Å². The Balaban J connectivity index is 2.16. The van der Waals surface area contributed by atoms with Crippen LogP contribution < -0.4 is 0 Å². The molecule has 3 rings (SSSR count). The number of carbonyl (C=O) groups excluding carboxylic acids is 1. The summed E-state index contributed by atoms with van der Waals surface area (Å²) in [6.07, 6.45) is 3.18. The lowest BCUT2D eigenvalue weighted by Crippen LogP contribution is -2.02. The molecule has 1 heterocycles. The van der Waals surface area contributed by atoms with Crippen molar-refractivity contribution in [3.8, 4) is 5.69 Å². The van der Waals surface area contributed by atoms with E-state index in [-0.39, 0.29) is 0 Å². The number of benzene rings is 1. The van der Waals surface area contributed by atoms with Gasteiger partial charge in [-0.2, -0.15) is 5.10 Å². The molecule has 86 valence electrons. The summed E-state index contributed by atoms with van der Waals surface area (Å²) in [6.45, 7) is 0. The summed E-state index contributed by atoms with van der Waals surface area (Å²) < 4.78 is 2.87. The van der Waals surface area contributed by atoms with Crippen LogP contribution in [0.2, 0.25) is 0 Å². The third-order valence-corrected chi connectivity index (χ3v) is 3.62. The molecule has 0 aliphatic heterocycles. The fourth-order valence-electron chi connectivity index (χ4n) is 1.96. The molecular formula is C13H11BrN2O. The third kappa shape index (κ3) is 1.93. The summed E-state index contributed by atoms with van der Waals surface area (Å²) in [5.74, 6) is 0.559. The molecule has 0 spiro atoms. The number of para-hydroxylation sites is 1. The van der Waals surface area contributed by atoms with E-state index in [2.05, 4.69) is 21.0 Å². The van der Waals surface area contributed by atoms with Gasteiger partial charge in [-0.05, 0) is 47.0 Å². The number of aldehydes is 1. The molecule has 0 atom stereocenters. The van der Waals surface area contributed by atoms with Crippen molar-refractivity contribution in [3.05, 3.63) is 46.2 Å². The third-order valence-electron chi connectivity index (χ3n) is 2.95. The molecule has 3 nitrogen and oxygen atoms in total. The van der Waals surface area contributed by atoms with Crippen LogP contribution in [0.15, 0.2) is 34.8 Å². The average Bonchev–Trinajstić information content (AvgIpc) is 3.10. The number of carbonyl (C=O) groups is 1. The van der Waals surface area contributed by atoms with E-state index in [1.807, 2.05) is 35.0 Å². The van der Waals surface area contributed by atoms with Crippen molar-refractivity contribution < 1.29 is 4.79 Å². The van der Waals surface area contributed by atoms with Gasteiger partial charge in [-0.15, -0.1) is 0 Å². The molecule has 0 N–H and O–H groups in total. The second kappa shape index (κ2) is 4.11. The molecule has 1 aromatic heterocycles. The van der Waals surface area contributed by atoms with E-state index in [1.54, 1.807) is 0 Å². The molecule has 1 aliphatic rings. The second-order valence-corrected chi connectivity index (χ2v) is 5.10. The molecule has 1 fully saturated rings. The van der Waals surface area contributed by atoms with E-state index in [9.17, 15) is 4.79 Å². The van der Waals surface area contributed by atoms with Gasteiger partial charge in [-0.25, -0.2) is 4.68 Å². The minimum Gasteiger partial charge on any atom is -0.296 e. The summed E-state index contributed by atoms with van der Waals surface area (Å²) in [5.41, 5.74) is 2.63. The van der Waals surface area contributed by atoms with Gasteiger partial charge in [0.25, 0.3) is 0 Å². The quantitative estimate of drug-likeness (QED) is 0.813. The van der Waals surface area contributed by atoms with Gasteiger partial charge >= 0.3 is 0 Å². The Labute approximate surface area is 108 Å². The number of halogens is 1. The number of hydrogen-bond acceptors (Lipinski definition) is 2. The van der Waals surface area contributed by atoms with Crippen LogP contribution in [-0.4, -0.2) is 16.1 Å². The molecule has 17 heavy (non-hydrogen) atoms. The van der Waals surface area contributed by atoms with Gasteiger partial charge in [0, 0.05) is 16.1 Å². The summed E-state index contributed by atoms with van der Waals surface area (Å²) in [7, 11) is 0. The van der Waals surface area contributed by atoms with Gasteiger partial charge in [0.2, 0.25) is 0 Å². The van der Waals surface area contributed by atoms with Crippen LogP contribution in [0.4, 0.5) is 0 Å². The Bertz CT molecular complexity index is 573. The molecule has 2 aromatic rings. The number of rotatable bonds is 3. The number of nitrogens with zero attached hydrogens (tertiary/aromatic N) is 2. The fraction of sp³-hybridized carbons (Fsp3) is 0.231. The van der Waals surface area contributed by atoms with E-state index >= 15 is 0 Å². The van der Waals surface area contributed by atoms with E-state index in [0.29, 0.717) is 11.6 Å². The predicted molar refractivity (Wildman–Crippen MR) is 68.6 cm³/mol. The first-order valence-electron chi connectivity index (χ1n) is 5.59. The average molecular weight is 291 g/mol. The lowest BCUT2D eigenvalue weighted by Gasteiger charge is -2.08. The zero-order valence-electron chi connectivity index (χ0n) is 9.14. The van der Waals surface area contributed by atoms with Gasteiger partial charge < -0.3 is 0 Å². The minimum atomic E-state index is 0.502.